The molecule has 2 aromatic carbocycles. The predicted molar refractivity (Wildman–Crippen MR) is 98.7 cm³/mol. The van der Waals surface area contributed by atoms with Crippen molar-refractivity contribution in [1.29, 1.82) is 0 Å². The fourth-order valence-electron chi connectivity index (χ4n) is 2.03. The second kappa shape index (κ2) is 7.55. The van der Waals surface area contributed by atoms with Gasteiger partial charge in [0.25, 0.3) is 10.0 Å². The van der Waals surface area contributed by atoms with Crippen LogP contribution in [-0.2, 0) is 14.8 Å². The van der Waals surface area contributed by atoms with E-state index in [2.05, 4.69) is 5.32 Å². The van der Waals surface area contributed by atoms with Gasteiger partial charge in [-0.05, 0) is 30.3 Å². The lowest BCUT2D eigenvalue weighted by atomic mass is 9.95. The van der Waals surface area contributed by atoms with E-state index in [0.29, 0.717) is 17.8 Å². The fourth-order valence-corrected chi connectivity index (χ4v) is 3.09. The number of amides is 1. The van der Waals surface area contributed by atoms with Gasteiger partial charge in [-0.25, -0.2) is 22.0 Å². The Morgan fingerprint density at radius 2 is 1.57 bits per heavy atom. The van der Waals surface area contributed by atoms with Gasteiger partial charge >= 0.3 is 5.97 Å². The van der Waals surface area contributed by atoms with E-state index in [0.717, 1.165) is 0 Å². The number of carboxylic acid groups (broad SMARTS) is 1. The molecule has 1 amide bonds. The first-order valence-electron chi connectivity index (χ1n) is 7.98. The smallest absolute Gasteiger partial charge is 0.338 e. The highest BCUT2D eigenvalue weighted by molar-refractivity contribution is 7.92. The molecule has 2 aromatic rings. The zero-order chi connectivity index (χ0) is 21.3. The lowest BCUT2D eigenvalue weighted by Gasteiger charge is -2.17. The maximum atomic E-state index is 14.0. The highest BCUT2D eigenvalue weighted by Gasteiger charge is 2.22. The number of halogens is 2. The number of anilines is 2. The van der Waals surface area contributed by atoms with E-state index in [-0.39, 0.29) is 10.8 Å². The summed E-state index contributed by atoms with van der Waals surface area (Å²) in [5, 5.41) is 11.4. The van der Waals surface area contributed by atoms with Gasteiger partial charge in [0.05, 0.1) is 16.1 Å². The third-order valence-corrected chi connectivity index (χ3v) is 5.02. The van der Waals surface area contributed by atoms with Crippen LogP contribution in [0.3, 0.4) is 0 Å². The summed E-state index contributed by atoms with van der Waals surface area (Å²) in [6.07, 6.45) is 0. The minimum atomic E-state index is -4.28. The summed E-state index contributed by atoms with van der Waals surface area (Å²) in [5.41, 5.74) is -1.93. The quantitative estimate of drug-likeness (QED) is 0.696. The van der Waals surface area contributed by atoms with E-state index < -0.39 is 44.3 Å². The van der Waals surface area contributed by atoms with Crippen molar-refractivity contribution in [2.75, 3.05) is 10.0 Å². The average molecular weight is 412 g/mol. The summed E-state index contributed by atoms with van der Waals surface area (Å²) in [5.74, 6) is -4.47. The number of nitrogens with one attached hydrogen (secondary N) is 2. The molecule has 0 bridgehead atoms. The van der Waals surface area contributed by atoms with Crippen LogP contribution >= 0.6 is 0 Å². The highest BCUT2D eigenvalue weighted by Crippen LogP contribution is 2.24. The van der Waals surface area contributed by atoms with Crippen molar-refractivity contribution in [3.8, 4) is 0 Å². The van der Waals surface area contributed by atoms with Crippen LogP contribution < -0.4 is 10.0 Å². The summed E-state index contributed by atoms with van der Waals surface area (Å²) in [6.45, 7) is 5.15. The number of aromatic carboxylic acids is 1. The summed E-state index contributed by atoms with van der Waals surface area (Å²) < 4.78 is 54.3. The SMILES string of the molecule is CC(C)(C)C(=O)Nc1ccc(S(=O)(=O)Nc2cc(F)c(C(=O)O)cc2F)cc1. The van der Waals surface area contributed by atoms with Crippen LogP contribution in [0.25, 0.3) is 0 Å². The van der Waals surface area contributed by atoms with Gasteiger partial charge in [-0.1, -0.05) is 20.8 Å². The van der Waals surface area contributed by atoms with Crippen molar-refractivity contribution in [2.24, 2.45) is 5.41 Å². The number of carboxylic acids is 1. The van der Waals surface area contributed by atoms with Crippen LogP contribution in [0.2, 0.25) is 0 Å². The summed E-state index contributed by atoms with van der Waals surface area (Å²) >= 11 is 0. The van der Waals surface area contributed by atoms with Crippen molar-refractivity contribution in [3.05, 3.63) is 53.6 Å². The molecular formula is C18H18F2N2O5S. The van der Waals surface area contributed by atoms with Gasteiger partial charge in [0.1, 0.15) is 11.6 Å². The van der Waals surface area contributed by atoms with E-state index >= 15 is 0 Å². The maximum absolute atomic E-state index is 14.0. The fraction of sp³-hybridized carbons (Fsp3) is 0.222. The van der Waals surface area contributed by atoms with Crippen LogP contribution in [0.5, 0.6) is 0 Å². The highest BCUT2D eigenvalue weighted by atomic mass is 32.2. The lowest BCUT2D eigenvalue weighted by molar-refractivity contribution is -0.123. The van der Waals surface area contributed by atoms with Crippen LogP contribution in [0.15, 0.2) is 41.3 Å². The van der Waals surface area contributed by atoms with Gasteiger partial charge in [0, 0.05) is 17.2 Å². The molecule has 0 aliphatic heterocycles. The van der Waals surface area contributed by atoms with Crippen molar-refractivity contribution in [2.45, 2.75) is 25.7 Å². The molecule has 0 atom stereocenters. The number of hydrogen-bond donors (Lipinski definition) is 3. The molecule has 0 spiro atoms. The molecule has 3 N–H and O–H groups in total. The Kier molecular flexibility index (Phi) is 5.74. The van der Waals surface area contributed by atoms with Gasteiger partial charge in [0.2, 0.25) is 5.91 Å². The monoisotopic (exact) mass is 412 g/mol. The minimum absolute atomic E-state index is 0.261. The Morgan fingerprint density at radius 3 is 2.07 bits per heavy atom. The van der Waals surface area contributed by atoms with Crippen LogP contribution in [0, 0.1) is 17.0 Å². The third kappa shape index (κ3) is 4.83. The van der Waals surface area contributed by atoms with E-state index in [1.807, 2.05) is 4.72 Å². The number of rotatable bonds is 5. The number of carbonyl (C=O) groups is 2. The van der Waals surface area contributed by atoms with E-state index in [4.69, 9.17) is 5.11 Å². The standard InChI is InChI=1S/C18H18F2N2O5S/c1-18(2,3)17(25)21-10-4-6-11(7-5-10)28(26,27)22-15-9-13(19)12(16(23)24)8-14(15)20/h4-9,22H,1-3H3,(H,21,25)(H,23,24). The predicted octanol–water partition coefficient (Wildman–Crippen LogP) is 3.45. The van der Waals surface area contributed by atoms with Crippen LogP contribution in [0.4, 0.5) is 20.2 Å². The van der Waals surface area contributed by atoms with Crippen molar-refractivity contribution >= 4 is 33.3 Å². The Balaban J connectivity index is 2.25. The second-order valence-electron chi connectivity index (χ2n) is 6.95. The number of sulfonamides is 1. The van der Waals surface area contributed by atoms with Crippen molar-refractivity contribution in [3.63, 3.8) is 0 Å². The van der Waals surface area contributed by atoms with Gasteiger partial charge in [0.15, 0.2) is 0 Å². The molecule has 0 aromatic heterocycles. The molecule has 0 unspecified atom stereocenters. The average Bonchev–Trinajstić information content (AvgIpc) is 2.57. The molecule has 28 heavy (non-hydrogen) atoms. The number of benzene rings is 2. The van der Waals surface area contributed by atoms with Gasteiger partial charge < -0.3 is 10.4 Å². The minimum Gasteiger partial charge on any atom is -0.478 e. The molecule has 0 radical (unpaired) electrons. The summed E-state index contributed by atoms with van der Waals surface area (Å²) in [7, 11) is -4.28. The molecule has 7 nitrogen and oxygen atoms in total. The Hall–Kier alpha value is -3.01. The van der Waals surface area contributed by atoms with E-state index in [9.17, 15) is 26.8 Å². The summed E-state index contributed by atoms with van der Waals surface area (Å²) in [6, 6.07) is 5.90. The first kappa shape index (κ1) is 21.3. The Labute approximate surface area is 160 Å². The number of hydrogen-bond acceptors (Lipinski definition) is 4. The van der Waals surface area contributed by atoms with Gasteiger partial charge in [-0.3, -0.25) is 9.52 Å². The van der Waals surface area contributed by atoms with Crippen LogP contribution in [-0.4, -0.2) is 25.4 Å². The first-order chi connectivity index (χ1) is 12.8. The molecule has 150 valence electrons. The molecule has 10 heteroatoms. The molecule has 0 saturated heterocycles. The third-order valence-electron chi connectivity index (χ3n) is 3.64. The maximum Gasteiger partial charge on any atom is 0.338 e. The zero-order valence-electron chi connectivity index (χ0n) is 15.2. The van der Waals surface area contributed by atoms with Crippen molar-refractivity contribution < 1.29 is 31.9 Å². The van der Waals surface area contributed by atoms with Crippen molar-refractivity contribution in [1.82, 2.24) is 0 Å². The molecule has 2 rings (SSSR count). The first-order valence-corrected chi connectivity index (χ1v) is 9.46. The summed E-state index contributed by atoms with van der Waals surface area (Å²) in [4.78, 5) is 22.5. The van der Waals surface area contributed by atoms with Crippen LogP contribution in [0.1, 0.15) is 31.1 Å². The number of carbonyl (C=O) groups excluding carboxylic acids is 1. The molecule has 0 heterocycles. The molecule has 0 fully saturated rings. The van der Waals surface area contributed by atoms with E-state index in [1.54, 1.807) is 20.8 Å². The lowest BCUT2D eigenvalue weighted by Crippen LogP contribution is -2.27. The Morgan fingerprint density at radius 1 is 1.00 bits per heavy atom. The topological polar surface area (TPSA) is 113 Å². The zero-order valence-corrected chi connectivity index (χ0v) is 16.0. The normalized spacial score (nSPS) is 11.8. The van der Waals surface area contributed by atoms with E-state index in [1.165, 1.54) is 24.3 Å². The largest absolute Gasteiger partial charge is 0.478 e. The van der Waals surface area contributed by atoms with Gasteiger partial charge in [-0.2, -0.15) is 0 Å². The Bertz CT molecular complexity index is 1030. The molecular weight excluding hydrogens is 394 g/mol. The molecule has 0 saturated carbocycles. The van der Waals surface area contributed by atoms with Gasteiger partial charge in [-0.15, -0.1) is 0 Å². The molecule has 0 aliphatic carbocycles. The second-order valence-corrected chi connectivity index (χ2v) is 8.63. The molecule has 0 aliphatic rings.